The highest BCUT2D eigenvalue weighted by atomic mass is 35.5. The van der Waals surface area contributed by atoms with Gasteiger partial charge in [-0.2, -0.15) is 0 Å². The van der Waals surface area contributed by atoms with Crippen molar-refractivity contribution in [3.8, 4) is 0 Å². The van der Waals surface area contributed by atoms with Crippen LogP contribution in [0.2, 0.25) is 0 Å². The first-order chi connectivity index (χ1) is 5.59. The normalized spacial score (nSPS) is 20.7. The number of hydrogen-bond acceptors (Lipinski definition) is 3. The Morgan fingerprint density at radius 2 is 2.07 bits per heavy atom. The van der Waals surface area contributed by atoms with Gasteiger partial charge in [-0.25, -0.2) is 0 Å². The minimum absolute atomic E-state index is 0. The first-order valence-corrected chi connectivity index (χ1v) is 4.27. The van der Waals surface area contributed by atoms with Crippen molar-refractivity contribution in [1.29, 1.82) is 0 Å². The molecule has 4 nitrogen and oxygen atoms in total. The lowest BCUT2D eigenvalue weighted by atomic mass is 10.3. The van der Waals surface area contributed by atoms with E-state index >= 15 is 0 Å². The van der Waals surface area contributed by atoms with Gasteiger partial charge >= 0.3 is 0 Å². The highest BCUT2D eigenvalue weighted by Gasteiger charge is 2.26. The van der Waals surface area contributed by atoms with Crippen molar-refractivity contribution >= 4 is 30.7 Å². The Balaban J connectivity index is 0. The maximum Gasteiger partial charge on any atom is 0.224 e. The van der Waals surface area contributed by atoms with Gasteiger partial charge in [-0.1, -0.05) is 0 Å². The average Bonchev–Trinajstić information content (AvgIpc) is 2.26. The van der Waals surface area contributed by atoms with Crippen molar-refractivity contribution in [3.05, 3.63) is 0 Å². The van der Waals surface area contributed by atoms with Gasteiger partial charge in [0.1, 0.15) is 0 Å². The number of halogens is 2. The van der Waals surface area contributed by atoms with Crippen LogP contribution in [0, 0.1) is 0 Å². The molecule has 86 valence electrons. The van der Waals surface area contributed by atoms with Gasteiger partial charge in [0.15, 0.2) is 0 Å². The van der Waals surface area contributed by atoms with Crippen molar-refractivity contribution in [2.45, 2.75) is 12.5 Å². The summed E-state index contributed by atoms with van der Waals surface area (Å²) >= 11 is 0. The van der Waals surface area contributed by atoms with E-state index in [4.69, 9.17) is 5.73 Å². The van der Waals surface area contributed by atoms with E-state index < -0.39 is 0 Å². The molecule has 1 atom stereocenters. The van der Waals surface area contributed by atoms with Gasteiger partial charge in [0.2, 0.25) is 5.91 Å². The first-order valence-electron chi connectivity index (χ1n) is 4.27. The topological polar surface area (TPSA) is 49.6 Å². The molecule has 1 fully saturated rings. The molecule has 0 bridgehead atoms. The van der Waals surface area contributed by atoms with Crippen LogP contribution in [0.1, 0.15) is 6.42 Å². The summed E-state index contributed by atoms with van der Waals surface area (Å²) in [5, 5.41) is 0. The Morgan fingerprint density at radius 1 is 1.50 bits per heavy atom. The summed E-state index contributed by atoms with van der Waals surface area (Å²) in [5.74, 6) is 0.198. The summed E-state index contributed by atoms with van der Waals surface area (Å²) in [6.45, 7) is 2.45. The molecule has 0 spiro atoms. The van der Waals surface area contributed by atoms with Crippen LogP contribution in [0.25, 0.3) is 0 Å². The number of carbonyl (C=O) groups excluding carboxylic acids is 1. The minimum Gasteiger partial charge on any atom is -0.340 e. The lowest BCUT2D eigenvalue weighted by Gasteiger charge is -2.18. The Bertz CT molecular complexity index is 178. The number of hydrogen-bond donors (Lipinski definition) is 1. The van der Waals surface area contributed by atoms with Gasteiger partial charge < -0.3 is 15.5 Å². The van der Waals surface area contributed by atoms with Crippen molar-refractivity contribution in [2.24, 2.45) is 5.73 Å². The fourth-order valence-electron chi connectivity index (χ4n) is 1.34. The Hall–Kier alpha value is -0.0300. The molecule has 1 amide bonds. The molecular weight excluding hydrogens is 225 g/mol. The molecule has 1 heterocycles. The molecule has 6 heteroatoms. The summed E-state index contributed by atoms with van der Waals surface area (Å²) in [6, 6.07) is 0.0552. The second-order valence-electron chi connectivity index (χ2n) is 3.61. The van der Waals surface area contributed by atoms with Gasteiger partial charge in [0.25, 0.3) is 0 Å². The third kappa shape index (κ3) is 5.00. The standard InChI is InChI=1S/C8H17N3O.2ClH/c1-10(2)3-4-11-6-7(9)5-8(11)12;;/h7H,3-6,9H2,1-2H3;2*1H. The van der Waals surface area contributed by atoms with E-state index in [-0.39, 0.29) is 36.8 Å². The predicted octanol–water partition coefficient (Wildman–Crippen LogP) is -0.0488. The summed E-state index contributed by atoms with van der Waals surface area (Å²) in [7, 11) is 4.00. The Morgan fingerprint density at radius 3 is 2.43 bits per heavy atom. The lowest BCUT2D eigenvalue weighted by molar-refractivity contribution is -0.127. The molecule has 0 aromatic rings. The van der Waals surface area contributed by atoms with E-state index in [0.29, 0.717) is 6.42 Å². The Kier molecular flexibility index (Phi) is 8.54. The summed E-state index contributed by atoms with van der Waals surface area (Å²) in [6.07, 6.45) is 0.521. The zero-order chi connectivity index (χ0) is 9.14. The molecule has 1 unspecified atom stereocenters. The third-order valence-electron chi connectivity index (χ3n) is 2.06. The zero-order valence-corrected chi connectivity index (χ0v) is 10.2. The molecule has 0 aliphatic carbocycles. The number of rotatable bonds is 3. The predicted molar refractivity (Wildman–Crippen MR) is 62.2 cm³/mol. The van der Waals surface area contributed by atoms with Crippen LogP contribution in [0.5, 0.6) is 0 Å². The number of likely N-dealkylation sites (tertiary alicyclic amines) is 1. The number of carbonyl (C=O) groups is 1. The van der Waals surface area contributed by atoms with Gasteiger partial charge in [-0.15, -0.1) is 24.8 Å². The second kappa shape index (κ2) is 7.29. The highest BCUT2D eigenvalue weighted by molar-refractivity contribution is 5.85. The molecule has 1 aliphatic rings. The van der Waals surface area contributed by atoms with Crippen LogP contribution in [-0.2, 0) is 4.79 Å². The Labute approximate surface area is 97.6 Å². The van der Waals surface area contributed by atoms with Gasteiger partial charge in [0.05, 0.1) is 0 Å². The lowest BCUT2D eigenvalue weighted by Crippen LogP contribution is -2.34. The first kappa shape index (κ1) is 16.4. The van der Waals surface area contributed by atoms with E-state index in [1.54, 1.807) is 0 Å². The van der Waals surface area contributed by atoms with E-state index in [0.717, 1.165) is 19.6 Å². The third-order valence-corrected chi connectivity index (χ3v) is 2.06. The fraction of sp³-hybridized carbons (Fsp3) is 0.875. The molecule has 1 rings (SSSR count). The summed E-state index contributed by atoms with van der Waals surface area (Å²) < 4.78 is 0. The molecule has 0 aromatic carbocycles. The number of amides is 1. The van der Waals surface area contributed by atoms with Crippen LogP contribution in [0.3, 0.4) is 0 Å². The van der Waals surface area contributed by atoms with Crippen LogP contribution in [0.15, 0.2) is 0 Å². The number of nitrogens with zero attached hydrogens (tertiary/aromatic N) is 2. The molecule has 0 radical (unpaired) electrons. The van der Waals surface area contributed by atoms with Crippen molar-refractivity contribution < 1.29 is 4.79 Å². The van der Waals surface area contributed by atoms with Crippen molar-refractivity contribution in [3.63, 3.8) is 0 Å². The van der Waals surface area contributed by atoms with Crippen LogP contribution in [-0.4, -0.2) is 55.5 Å². The van der Waals surface area contributed by atoms with Crippen molar-refractivity contribution in [2.75, 3.05) is 33.7 Å². The molecule has 1 saturated heterocycles. The molecular formula is C8H19Cl2N3O. The van der Waals surface area contributed by atoms with Crippen LogP contribution in [0.4, 0.5) is 0 Å². The molecule has 14 heavy (non-hydrogen) atoms. The van der Waals surface area contributed by atoms with E-state index in [1.165, 1.54) is 0 Å². The van der Waals surface area contributed by atoms with E-state index in [1.807, 2.05) is 19.0 Å². The number of nitrogens with two attached hydrogens (primary N) is 1. The van der Waals surface area contributed by atoms with Gasteiger partial charge in [-0.05, 0) is 14.1 Å². The summed E-state index contributed by atoms with van der Waals surface area (Å²) in [4.78, 5) is 15.1. The minimum atomic E-state index is 0. The number of likely N-dealkylation sites (N-methyl/N-ethyl adjacent to an activating group) is 1. The molecule has 0 aromatic heterocycles. The summed E-state index contributed by atoms with van der Waals surface area (Å²) in [5.41, 5.74) is 5.65. The molecule has 1 aliphatic heterocycles. The SMILES string of the molecule is CN(C)CCN1CC(N)CC1=O.Cl.Cl. The second-order valence-corrected chi connectivity index (χ2v) is 3.61. The quantitative estimate of drug-likeness (QED) is 0.757. The fourth-order valence-corrected chi connectivity index (χ4v) is 1.34. The largest absolute Gasteiger partial charge is 0.340 e. The van der Waals surface area contributed by atoms with Gasteiger partial charge in [-0.3, -0.25) is 4.79 Å². The van der Waals surface area contributed by atoms with Crippen LogP contribution < -0.4 is 5.73 Å². The molecule has 0 saturated carbocycles. The average molecular weight is 244 g/mol. The zero-order valence-electron chi connectivity index (χ0n) is 8.60. The van der Waals surface area contributed by atoms with Crippen molar-refractivity contribution in [1.82, 2.24) is 9.80 Å². The van der Waals surface area contributed by atoms with Crippen LogP contribution >= 0.6 is 24.8 Å². The maximum atomic E-state index is 11.2. The molecule has 2 N–H and O–H groups in total. The smallest absolute Gasteiger partial charge is 0.224 e. The van der Waals surface area contributed by atoms with Gasteiger partial charge in [0, 0.05) is 32.1 Å². The highest BCUT2D eigenvalue weighted by Crippen LogP contribution is 2.07. The van der Waals surface area contributed by atoms with E-state index in [9.17, 15) is 4.79 Å². The maximum absolute atomic E-state index is 11.2. The van der Waals surface area contributed by atoms with E-state index in [2.05, 4.69) is 4.90 Å². The monoisotopic (exact) mass is 243 g/mol.